The summed E-state index contributed by atoms with van der Waals surface area (Å²) in [7, 11) is 4.27. The van der Waals surface area contributed by atoms with Crippen molar-refractivity contribution in [3.05, 3.63) is 0 Å². The van der Waals surface area contributed by atoms with Crippen molar-refractivity contribution >= 4 is 0 Å². The first kappa shape index (κ1) is 16.9. The van der Waals surface area contributed by atoms with E-state index in [1.54, 1.807) is 0 Å². The van der Waals surface area contributed by atoms with Gasteiger partial charge in [-0.2, -0.15) is 0 Å². The minimum atomic E-state index is 0.147. The Labute approximate surface area is 120 Å². The highest BCUT2D eigenvalue weighted by atomic mass is 16.3. The molecule has 0 saturated heterocycles. The lowest BCUT2D eigenvalue weighted by molar-refractivity contribution is 0.0115. The molecule has 1 aliphatic carbocycles. The Morgan fingerprint density at radius 3 is 2.53 bits per heavy atom. The first-order chi connectivity index (χ1) is 8.92. The zero-order valence-electron chi connectivity index (χ0n) is 13.7. The Morgan fingerprint density at radius 2 is 2.05 bits per heavy atom. The van der Waals surface area contributed by atoms with Crippen LogP contribution in [0.15, 0.2) is 0 Å². The fourth-order valence-electron chi connectivity index (χ4n) is 3.76. The molecule has 3 atom stereocenters. The lowest BCUT2D eigenvalue weighted by Crippen LogP contribution is -2.48. The van der Waals surface area contributed by atoms with Gasteiger partial charge in [-0.15, -0.1) is 0 Å². The summed E-state index contributed by atoms with van der Waals surface area (Å²) < 4.78 is 0. The third kappa shape index (κ3) is 5.05. The number of aliphatic hydroxyl groups excluding tert-OH is 1. The van der Waals surface area contributed by atoms with Gasteiger partial charge in [-0.1, -0.05) is 26.7 Å². The molecule has 1 fully saturated rings. The minimum Gasteiger partial charge on any atom is -0.396 e. The van der Waals surface area contributed by atoms with E-state index in [1.807, 2.05) is 0 Å². The van der Waals surface area contributed by atoms with Crippen LogP contribution >= 0.6 is 0 Å². The predicted octanol–water partition coefficient (Wildman–Crippen LogP) is 2.45. The van der Waals surface area contributed by atoms with Crippen molar-refractivity contribution < 1.29 is 5.11 Å². The number of rotatable bonds is 7. The van der Waals surface area contributed by atoms with Crippen molar-refractivity contribution in [2.45, 2.75) is 52.5 Å². The maximum atomic E-state index is 9.93. The summed E-state index contributed by atoms with van der Waals surface area (Å²) in [5.74, 6) is 0.767. The smallest absolute Gasteiger partial charge is 0.0499 e. The van der Waals surface area contributed by atoms with Crippen LogP contribution in [0.2, 0.25) is 0 Å². The number of aliphatic hydroxyl groups is 1. The van der Waals surface area contributed by atoms with E-state index >= 15 is 0 Å². The van der Waals surface area contributed by atoms with Crippen LogP contribution in [-0.4, -0.2) is 61.3 Å². The van der Waals surface area contributed by atoms with Crippen molar-refractivity contribution in [1.82, 2.24) is 9.80 Å². The van der Waals surface area contributed by atoms with Crippen molar-refractivity contribution in [3.8, 4) is 0 Å². The summed E-state index contributed by atoms with van der Waals surface area (Å²) in [6, 6.07) is 0.556. The van der Waals surface area contributed by atoms with Crippen LogP contribution in [0.5, 0.6) is 0 Å². The normalized spacial score (nSPS) is 30.0. The Kier molecular flexibility index (Phi) is 6.78. The van der Waals surface area contributed by atoms with E-state index in [-0.39, 0.29) is 5.41 Å². The molecule has 0 aromatic heterocycles. The Morgan fingerprint density at radius 1 is 1.37 bits per heavy atom. The Balaban J connectivity index is 2.65. The monoisotopic (exact) mass is 270 g/mol. The quantitative estimate of drug-likeness (QED) is 0.770. The summed E-state index contributed by atoms with van der Waals surface area (Å²) in [6.45, 7) is 10.4. The molecule has 0 aromatic rings. The van der Waals surface area contributed by atoms with Gasteiger partial charge in [0.05, 0.1) is 0 Å². The van der Waals surface area contributed by atoms with Gasteiger partial charge in [-0.25, -0.2) is 0 Å². The van der Waals surface area contributed by atoms with Crippen LogP contribution in [0, 0.1) is 11.3 Å². The second-order valence-electron chi connectivity index (χ2n) is 7.03. The molecule has 0 aliphatic heterocycles. The highest BCUT2D eigenvalue weighted by Gasteiger charge is 2.36. The van der Waals surface area contributed by atoms with Crippen molar-refractivity contribution in [2.24, 2.45) is 11.3 Å². The molecule has 114 valence electrons. The molecule has 0 heterocycles. The van der Waals surface area contributed by atoms with Crippen LogP contribution in [0.3, 0.4) is 0 Å². The van der Waals surface area contributed by atoms with Gasteiger partial charge in [0.2, 0.25) is 0 Å². The topological polar surface area (TPSA) is 26.7 Å². The van der Waals surface area contributed by atoms with Crippen LogP contribution in [0.25, 0.3) is 0 Å². The highest BCUT2D eigenvalue weighted by molar-refractivity contribution is 4.88. The molecule has 0 spiro atoms. The highest BCUT2D eigenvalue weighted by Crippen LogP contribution is 2.39. The minimum absolute atomic E-state index is 0.147. The lowest BCUT2D eigenvalue weighted by atomic mass is 9.70. The standard InChI is InChI=1S/C16H34N2O/c1-6-18(15(3)11-17(4)5)12-16(13-19)9-7-8-14(2)10-16/h14-15,19H,6-13H2,1-5H3. The van der Waals surface area contributed by atoms with Crippen molar-refractivity contribution in [1.29, 1.82) is 0 Å². The van der Waals surface area contributed by atoms with Gasteiger partial charge in [-0.3, -0.25) is 4.90 Å². The summed E-state index contributed by atoms with van der Waals surface area (Å²) in [5, 5.41) is 9.93. The molecule has 1 rings (SSSR count). The van der Waals surface area contributed by atoms with E-state index in [9.17, 15) is 5.11 Å². The van der Waals surface area contributed by atoms with E-state index in [2.05, 4.69) is 44.7 Å². The number of hydrogen-bond acceptors (Lipinski definition) is 3. The van der Waals surface area contributed by atoms with Gasteiger partial charge in [0.1, 0.15) is 0 Å². The van der Waals surface area contributed by atoms with Crippen LogP contribution in [0.4, 0.5) is 0 Å². The molecule has 0 aromatic carbocycles. The lowest BCUT2D eigenvalue weighted by Gasteiger charge is -2.44. The molecule has 19 heavy (non-hydrogen) atoms. The van der Waals surface area contributed by atoms with E-state index in [0.717, 1.165) is 25.6 Å². The van der Waals surface area contributed by atoms with Gasteiger partial charge >= 0.3 is 0 Å². The van der Waals surface area contributed by atoms with Crippen LogP contribution in [0.1, 0.15) is 46.5 Å². The van der Waals surface area contributed by atoms with Crippen LogP contribution < -0.4 is 0 Å². The molecular weight excluding hydrogens is 236 g/mol. The molecule has 3 nitrogen and oxygen atoms in total. The van der Waals surface area contributed by atoms with Gasteiger partial charge in [0, 0.05) is 31.2 Å². The maximum Gasteiger partial charge on any atom is 0.0499 e. The predicted molar refractivity (Wildman–Crippen MR) is 82.4 cm³/mol. The van der Waals surface area contributed by atoms with Gasteiger partial charge in [0.25, 0.3) is 0 Å². The molecule has 0 radical (unpaired) electrons. The van der Waals surface area contributed by atoms with E-state index < -0.39 is 0 Å². The average Bonchev–Trinajstić information content (AvgIpc) is 2.35. The zero-order valence-corrected chi connectivity index (χ0v) is 13.7. The summed E-state index contributed by atoms with van der Waals surface area (Å²) in [4.78, 5) is 4.80. The third-order valence-corrected chi connectivity index (χ3v) is 4.72. The fraction of sp³-hybridized carbons (Fsp3) is 1.00. The Hall–Kier alpha value is -0.120. The molecule has 3 unspecified atom stereocenters. The first-order valence-electron chi connectivity index (χ1n) is 7.92. The largest absolute Gasteiger partial charge is 0.396 e. The van der Waals surface area contributed by atoms with Crippen molar-refractivity contribution in [2.75, 3.05) is 40.3 Å². The molecule has 3 heteroatoms. The number of hydrogen-bond donors (Lipinski definition) is 1. The van der Waals surface area contributed by atoms with Crippen molar-refractivity contribution in [3.63, 3.8) is 0 Å². The maximum absolute atomic E-state index is 9.93. The third-order valence-electron chi connectivity index (χ3n) is 4.72. The Bertz CT molecular complexity index is 257. The molecule has 0 amide bonds. The number of nitrogens with zero attached hydrogens (tertiary/aromatic N) is 2. The van der Waals surface area contributed by atoms with E-state index in [4.69, 9.17) is 0 Å². The fourth-order valence-corrected chi connectivity index (χ4v) is 3.76. The summed E-state index contributed by atoms with van der Waals surface area (Å²) in [6.07, 6.45) is 5.00. The molecule has 0 bridgehead atoms. The van der Waals surface area contributed by atoms with E-state index in [1.165, 1.54) is 25.7 Å². The summed E-state index contributed by atoms with van der Waals surface area (Å²) >= 11 is 0. The first-order valence-corrected chi connectivity index (χ1v) is 7.92. The summed E-state index contributed by atoms with van der Waals surface area (Å²) in [5.41, 5.74) is 0.147. The van der Waals surface area contributed by atoms with Crippen LogP contribution in [-0.2, 0) is 0 Å². The van der Waals surface area contributed by atoms with Gasteiger partial charge in [-0.05, 0) is 46.3 Å². The SMILES string of the molecule is CCN(CC1(CO)CCCC(C)C1)C(C)CN(C)C. The average molecular weight is 270 g/mol. The molecule has 1 N–H and O–H groups in total. The van der Waals surface area contributed by atoms with E-state index in [0.29, 0.717) is 12.6 Å². The second-order valence-corrected chi connectivity index (χ2v) is 7.03. The van der Waals surface area contributed by atoms with Gasteiger partial charge in [0.15, 0.2) is 0 Å². The van der Waals surface area contributed by atoms with Gasteiger partial charge < -0.3 is 10.0 Å². The molecule has 1 saturated carbocycles. The number of likely N-dealkylation sites (N-methyl/N-ethyl adjacent to an activating group) is 2. The molecule has 1 aliphatic rings. The molecular formula is C16H34N2O. The second kappa shape index (κ2) is 7.61. The zero-order chi connectivity index (χ0) is 14.5.